The summed E-state index contributed by atoms with van der Waals surface area (Å²) in [4.78, 5) is 13.7. The lowest BCUT2D eigenvalue weighted by molar-refractivity contribution is 0.104. The van der Waals surface area contributed by atoms with Gasteiger partial charge in [0.25, 0.3) is 0 Å². The Kier molecular flexibility index (Phi) is 4.57. The number of hydrogen-bond donors (Lipinski definition) is 0. The molecule has 0 aliphatic rings. The predicted octanol–water partition coefficient (Wildman–Crippen LogP) is 1.96. The molecule has 0 unspecified atom stereocenters. The maximum absolute atomic E-state index is 11.9. The summed E-state index contributed by atoms with van der Waals surface area (Å²) in [5.74, 6) is 1.07. The van der Waals surface area contributed by atoms with E-state index in [9.17, 15) is 4.79 Å². The standard InChI is InChI=1S/C13H17NO3/c1-14(2)8-7-12(15)11-6-5-10(16-3)9-13(11)17-4/h5-9H,1-4H3/b8-7-. The minimum atomic E-state index is -0.0989. The Morgan fingerprint density at radius 2 is 1.94 bits per heavy atom. The van der Waals surface area contributed by atoms with E-state index in [1.807, 2.05) is 14.1 Å². The minimum absolute atomic E-state index is 0.0989. The van der Waals surface area contributed by atoms with Gasteiger partial charge in [-0.1, -0.05) is 0 Å². The molecule has 92 valence electrons. The second-order valence-electron chi connectivity index (χ2n) is 3.71. The van der Waals surface area contributed by atoms with Gasteiger partial charge in [-0.2, -0.15) is 0 Å². The van der Waals surface area contributed by atoms with Crippen molar-refractivity contribution in [1.82, 2.24) is 4.90 Å². The summed E-state index contributed by atoms with van der Waals surface area (Å²) in [6.07, 6.45) is 3.20. The van der Waals surface area contributed by atoms with E-state index in [0.717, 1.165) is 0 Å². The van der Waals surface area contributed by atoms with Crippen molar-refractivity contribution in [3.05, 3.63) is 36.0 Å². The Morgan fingerprint density at radius 3 is 2.47 bits per heavy atom. The molecule has 0 radical (unpaired) electrons. The molecule has 0 atom stereocenters. The van der Waals surface area contributed by atoms with Crippen LogP contribution in [0.1, 0.15) is 10.4 Å². The summed E-state index contributed by atoms with van der Waals surface area (Å²) in [5.41, 5.74) is 0.520. The summed E-state index contributed by atoms with van der Waals surface area (Å²) in [6.45, 7) is 0. The van der Waals surface area contributed by atoms with Gasteiger partial charge < -0.3 is 14.4 Å². The molecule has 0 saturated carbocycles. The predicted molar refractivity (Wildman–Crippen MR) is 66.7 cm³/mol. The number of hydrogen-bond acceptors (Lipinski definition) is 4. The third-order valence-corrected chi connectivity index (χ3v) is 2.20. The number of carbonyl (C=O) groups excluding carboxylic acids is 1. The van der Waals surface area contributed by atoms with Crippen molar-refractivity contribution in [2.45, 2.75) is 0 Å². The number of carbonyl (C=O) groups is 1. The Balaban J connectivity index is 3.01. The third kappa shape index (κ3) is 3.52. The van der Waals surface area contributed by atoms with Crippen LogP contribution in [0.2, 0.25) is 0 Å². The molecule has 1 rings (SSSR count). The average Bonchev–Trinajstić information content (AvgIpc) is 2.34. The van der Waals surface area contributed by atoms with Crippen LogP contribution in [0, 0.1) is 0 Å². The quantitative estimate of drug-likeness (QED) is 0.577. The van der Waals surface area contributed by atoms with Crippen LogP contribution in [0.4, 0.5) is 0 Å². The highest BCUT2D eigenvalue weighted by Crippen LogP contribution is 2.25. The first-order valence-electron chi connectivity index (χ1n) is 5.19. The molecule has 0 heterocycles. The zero-order valence-electron chi connectivity index (χ0n) is 10.6. The molecule has 4 nitrogen and oxygen atoms in total. The van der Waals surface area contributed by atoms with Gasteiger partial charge >= 0.3 is 0 Å². The van der Waals surface area contributed by atoms with E-state index >= 15 is 0 Å². The number of benzene rings is 1. The van der Waals surface area contributed by atoms with Gasteiger partial charge in [-0.15, -0.1) is 0 Å². The van der Waals surface area contributed by atoms with E-state index in [0.29, 0.717) is 17.1 Å². The third-order valence-electron chi connectivity index (χ3n) is 2.20. The van der Waals surface area contributed by atoms with Crippen LogP contribution in [0.25, 0.3) is 0 Å². The van der Waals surface area contributed by atoms with Crippen molar-refractivity contribution < 1.29 is 14.3 Å². The van der Waals surface area contributed by atoms with Gasteiger partial charge in [0.15, 0.2) is 5.78 Å². The van der Waals surface area contributed by atoms with E-state index in [4.69, 9.17) is 9.47 Å². The lowest BCUT2D eigenvalue weighted by Gasteiger charge is -2.08. The number of ketones is 1. The van der Waals surface area contributed by atoms with E-state index in [2.05, 4.69) is 0 Å². The first-order chi connectivity index (χ1) is 8.08. The van der Waals surface area contributed by atoms with Crippen molar-refractivity contribution in [3.8, 4) is 11.5 Å². The molecule has 0 aliphatic heterocycles. The molecule has 0 amide bonds. The van der Waals surface area contributed by atoms with Crippen molar-refractivity contribution in [3.63, 3.8) is 0 Å². The van der Waals surface area contributed by atoms with Gasteiger partial charge in [-0.05, 0) is 12.1 Å². The molecule has 0 bridgehead atoms. The van der Waals surface area contributed by atoms with E-state index in [-0.39, 0.29) is 5.78 Å². The van der Waals surface area contributed by atoms with Crippen LogP contribution in [0.15, 0.2) is 30.5 Å². The molecule has 1 aromatic rings. The first kappa shape index (κ1) is 13.1. The van der Waals surface area contributed by atoms with Gasteiger partial charge in [0, 0.05) is 32.4 Å². The Hall–Kier alpha value is -1.97. The van der Waals surface area contributed by atoms with Gasteiger partial charge in [0.1, 0.15) is 11.5 Å². The van der Waals surface area contributed by atoms with E-state index < -0.39 is 0 Å². The fraction of sp³-hybridized carbons (Fsp3) is 0.308. The maximum atomic E-state index is 11.9. The summed E-state index contributed by atoms with van der Waals surface area (Å²) in [6, 6.07) is 5.12. The summed E-state index contributed by atoms with van der Waals surface area (Å²) in [7, 11) is 6.81. The van der Waals surface area contributed by atoms with Crippen molar-refractivity contribution in [2.75, 3.05) is 28.3 Å². The van der Waals surface area contributed by atoms with Crippen LogP contribution in [0.3, 0.4) is 0 Å². The van der Waals surface area contributed by atoms with Gasteiger partial charge in [0.05, 0.1) is 19.8 Å². The lowest BCUT2D eigenvalue weighted by Crippen LogP contribution is -2.04. The summed E-state index contributed by atoms with van der Waals surface area (Å²) in [5, 5.41) is 0. The van der Waals surface area contributed by atoms with Crippen LogP contribution >= 0.6 is 0 Å². The monoisotopic (exact) mass is 235 g/mol. The first-order valence-corrected chi connectivity index (χ1v) is 5.19. The van der Waals surface area contributed by atoms with Crippen LogP contribution < -0.4 is 9.47 Å². The molecule has 0 aromatic heterocycles. The normalized spacial score (nSPS) is 10.4. The number of nitrogens with zero attached hydrogens (tertiary/aromatic N) is 1. The lowest BCUT2D eigenvalue weighted by atomic mass is 10.1. The second-order valence-corrected chi connectivity index (χ2v) is 3.71. The van der Waals surface area contributed by atoms with Crippen molar-refractivity contribution >= 4 is 5.78 Å². The molecule has 0 fully saturated rings. The Morgan fingerprint density at radius 1 is 1.24 bits per heavy atom. The number of methoxy groups -OCH3 is 2. The van der Waals surface area contributed by atoms with Crippen molar-refractivity contribution in [1.29, 1.82) is 0 Å². The maximum Gasteiger partial charge on any atom is 0.191 e. The molecular formula is C13H17NO3. The fourth-order valence-corrected chi connectivity index (χ4v) is 1.31. The van der Waals surface area contributed by atoms with Crippen LogP contribution in [0.5, 0.6) is 11.5 Å². The smallest absolute Gasteiger partial charge is 0.191 e. The number of allylic oxidation sites excluding steroid dienone is 1. The molecule has 4 heteroatoms. The minimum Gasteiger partial charge on any atom is -0.497 e. The molecule has 0 aliphatic carbocycles. The molecule has 1 aromatic carbocycles. The highest BCUT2D eigenvalue weighted by atomic mass is 16.5. The second kappa shape index (κ2) is 5.94. The molecule has 17 heavy (non-hydrogen) atoms. The molecule has 0 N–H and O–H groups in total. The van der Waals surface area contributed by atoms with Crippen molar-refractivity contribution in [2.24, 2.45) is 0 Å². The van der Waals surface area contributed by atoms with Crippen LogP contribution in [-0.2, 0) is 0 Å². The fourth-order valence-electron chi connectivity index (χ4n) is 1.31. The Bertz CT molecular complexity index is 425. The molecule has 0 saturated heterocycles. The Labute approximate surface area is 101 Å². The van der Waals surface area contributed by atoms with Gasteiger partial charge in [0.2, 0.25) is 0 Å². The number of rotatable bonds is 5. The molecule has 0 spiro atoms. The number of ether oxygens (including phenoxy) is 2. The largest absolute Gasteiger partial charge is 0.497 e. The summed E-state index contributed by atoms with van der Waals surface area (Å²) < 4.78 is 10.2. The molecular weight excluding hydrogens is 218 g/mol. The zero-order valence-corrected chi connectivity index (χ0v) is 10.6. The van der Waals surface area contributed by atoms with E-state index in [1.165, 1.54) is 13.2 Å². The average molecular weight is 235 g/mol. The highest BCUT2D eigenvalue weighted by Gasteiger charge is 2.10. The topological polar surface area (TPSA) is 38.8 Å². The van der Waals surface area contributed by atoms with Crippen LogP contribution in [-0.4, -0.2) is 39.0 Å². The zero-order chi connectivity index (χ0) is 12.8. The highest BCUT2D eigenvalue weighted by molar-refractivity contribution is 6.06. The van der Waals surface area contributed by atoms with E-state index in [1.54, 1.807) is 36.4 Å². The van der Waals surface area contributed by atoms with Gasteiger partial charge in [-0.3, -0.25) is 4.79 Å². The van der Waals surface area contributed by atoms with Gasteiger partial charge in [-0.25, -0.2) is 0 Å². The SMILES string of the molecule is COc1ccc(C(=O)/C=C\N(C)C)c(OC)c1. The summed E-state index contributed by atoms with van der Waals surface area (Å²) >= 11 is 0.